The molecule has 2 rings (SSSR count). The zero-order valence-electron chi connectivity index (χ0n) is 9.17. The minimum Gasteiger partial charge on any atom is -0.481 e. The third-order valence-electron chi connectivity index (χ3n) is 3.01. The Morgan fingerprint density at radius 2 is 2.27 bits per heavy atom. The third-order valence-corrected chi connectivity index (χ3v) is 4.61. The zero-order valence-corrected chi connectivity index (χ0v) is 9.99. The summed E-state index contributed by atoms with van der Waals surface area (Å²) in [7, 11) is 0. The number of aryl methyl sites for hydroxylation is 2. The molecule has 1 aliphatic carbocycles. The summed E-state index contributed by atoms with van der Waals surface area (Å²) in [5.74, 6) is -0.714. The molecule has 0 unspecified atom stereocenters. The van der Waals surface area contributed by atoms with E-state index in [1.165, 1.54) is 34.6 Å². The van der Waals surface area contributed by atoms with E-state index in [9.17, 15) is 4.79 Å². The van der Waals surface area contributed by atoms with Gasteiger partial charge in [-0.1, -0.05) is 13.8 Å². The minimum atomic E-state index is -0.714. The van der Waals surface area contributed by atoms with Crippen molar-refractivity contribution in [1.29, 1.82) is 0 Å². The van der Waals surface area contributed by atoms with Crippen LogP contribution in [-0.2, 0) is 23.1 Å². The number of carboxylic acid groups (broad SMARTS) is 1. The van der Waals surface area contributed by atoms with E-state index >= 15 is 0 Å². The average Bonchev–Trinajstić information content (AvgIpc) is 2.56. The first-order chi connectivity index (χ1) is 6.99. The van der Waals surface area contributed by atoms with Crippen molar-refractivity contribution >= 4 is 17.3 Å². The normalized spacial score (nSPS) is 15.3. The van der Waals surface area contributed by atoms with E-state index in [2.05, 4.69) is 6.07 Å². The molecule has 0 atom stereocenters. The highest BCUT2D eigenvalue weighted by Crippen LogP contribution is 2.38. The van der Waals surface area contributed by atoms with Crippen molar-refractivity contribution in [2.45, 2.75) is 44.9 Å². The molecule has 0 amide bonds. The van der Waals surface area contributed by atoms with Crippen LogP contribution in [0.2, 0.25) is 0 Å². The van der Waals surface area contributed by atoms with Crippen LogP contribution in [0.3, 0.4) is 0 Å². The van der Waals surface area contributed by atoms with E-state index in [4.69, 9.17) is 5.11 Å². The third kappa shape index (κ3) is 2.07. The molecule has 1 aliphatic rings. The van der Waals surface area contributed by atoms with Gasteiger partial charge in [0.05, 0.1) is 6.42 Å². The van der Waals surface area contributed by atoms with Gasteiger partial charge in [0.25, 0.3) is 0 Å². The smallest absolute Gasteiger partial charge is 0.304 e. The Bertz CT molecular complexity index is 369. The zero-order chi connectivity index (χ0) is 11.1. The molecule has 1 N–H and O–H groups in total. The number of aliphatic carboxylic acids is 1. The monoisotopic (exact) mass is 224 g/mol. The van der Waals surface area contributed by atoms with Crippen molar-refractivity contribution < 1.29 is 9.90 Å². The second-order valence-electron chi connectivity index (χ2n) is 4.87. The Morgan fingerprint density at radius 3 is 2.87 bits per heavy atom. The summed E-state index contributed by atoms with van der Waals surface area (Å²) in [5.41, 5.74) is 1.23. The second kappa shape index (κ2) is 3.63. The summed E-state index contributed by atoms with van der Waals surface area (Å²) in [6, 6.07) is 2.22. The molecule has 0 bridgehead atoms. The van der Waals surface area contributed by atoms with Crippen LogP contribution < -0.4 is 0 Å². The molecule has 3 heteroatoms. The van der Waals surface area contributed by atoms with Crippen LogP contribution in [0, 0.1) is 0 Å². The van der Waals surface area contributed by atoms with Gasteiger partial charge < -0.3 is 5.11 Å². The first-order valence-electron chi connectivity index (χ1n) is 5.33. The van der Waals surface area contributed by atoms with Gasteiger partial charge in [0.15, 0.2) is 0 Å². The van der Waals surface area contributed by atoms with Crippen LogP contribution in [0.4, 0.5) is 0 Å². The molecule has 0 radical (unpaired) electrons. The van der Waals surface area contributed by atoms with Gasteiger partial charge in [0, 0.05) is 15.2 Å². The molecule has 1 aromatic heterocycles. The van der Waals surface area contributed by atoms with Gasteiger partial charge in [-0.15, -0.1) is 11.3 Å². The van der Waals surface area contributed by atoms with Gasteiger partial charge in [-0.2, -0.15) is 0 Å². The van der Waals surface area contributed by atoms with Gasteiger partial charge in [0.2, 0.25) is 0 Å². The van der Waals surface area contributed by atoms with Gasteiger partial charge in [-0.25, -0.2) is 0 Å². The summed E-state index contributed by atoms with van der Waals surface area (Å²) in [5, 5.41) is 8.86. The Labute approximate surface area is 93.9 Å². The van der Waals surface area contributed by atoms with Crippen molar-refractivity contribution in [3.05, 3.63) is 21.4 Å². The maximum atomic E-state index is 10.8. The van der Waals surface area contributed by atoms with Crippen LogP contribution in [0.15, 0.2) is 6.07 Å². The number of carboxylic acids is 1. The van der Waals surface area contributed by atoms with Crippen molar-refractivity contribution in [2.75, 3.05) is 0 Å². The largest absolute Gasteiger partial charge is 0.481 e. The number of hydrogen-bond donors (Lipinski definition) is 1. The first-order valence-corrected chi connectivity index (χ1v) is 6.14. The molecule has 0 aromatic carbocycles. The van der Waals surface area contributed by atoms with E-state index in [-0.39, 0.29) is 11.8 Å². The number of carbonyl (C=O) groups is 1. The van der Waals surface area contributed by atoms with Crippen LogP contribution in [0.5, 0.6) is 0 Å². The molecular weight excluding hydrogens is 208 g/mol. The quantitative estimate of drug-likeness (QED) is 0.857. The predicted octanol–water partition coefficient (Wildman–Crippen LogP) is 2.99. The Morgan fingerprint density at radius 1 is 1.53 bits per heavy atom. The number of hydrogen-bond acceptors (Lipinski definition) is 2. The maximum absolute atomic E-state index is 10.8. The Balaban J connectivity index is 2.25. The van der Waals surface area contributed by atoms with Crippen LogP contribution >= 0.6 is 11.3 Å². The van der Waals surface area contributed by atoms with Crippen molar-refractivity contribution in [3.8, 4) is 0 Å². The fraction of sp³-hybridized carbons (Fsp3) is 0.583. The summed E-state index contributed by atoms with van der Waals surface area (Å²) in [6.45, 7) is 4.03. The van der Waals surface area contributed by atoms with Crippen LogP contribution in [-0.4, -0.2) is 11.1 Å². The maximum Gasteiger partial charge on any atom is 0.304 e. The fourth-order valence-electron chi connectivity index (χ4n) is 2.13. The molecule has 0 spiro atoms. The molecule has 0 saturated heterocycles. The average molecular weight is 224 g/mol. The molecule has 0 saturated carbocycles. The van der Waals surface area contributed by atoms with E-state index in [0.717, 1.165) is 0 Å². The van der Waals surface area contributed by atoms with E-state index in [1.54, 1.807) is 0 Å². The molecule has 2 nitrogen and oxygen atoms in total. The fourth-order valence-corrected chi connectivity index (χ4v) is 3.48. The highest BCUT2D eigenvalue weighted by Gasteiger charge is 2.28. The van der Waals surface area contributed by atoms with Gasteiger partial charge in [-0.3, -0.25) is 4.79 Å². The standard InChI is InChI=1S/C12H16O2S/c1-12(2,7-11(13)14)10-6-8-4-3-5-9(8)15-10/h6H,3-5,7H2,1-2H3,(H,13,14). The van der Waals surface area contributed by atoms with Crippen molar-refractivity contribution in [3.63, 3.8) is 0 Å². The van der Waals surface area contributed by atoms with Crippen LogP contribution in [0.1, 0.15) is 42.0 Å². The molecule has 0 aliphatic heterocycles. The Hall–Kier alpha value is -0.830. The lowest BCUT2D eigenvalue weighted by atomic mass is 9.87. The second-order valence-corrected chi connectivity index (χ2v) is 6.00. The van der Waals surface area contributed by atoms with E-state index in [1.807, 2.05) is 25.2 Å². The predicted molar refractivity (Wildman–Crippen MR) is 61.6 cm³/mol. The highest BCUT2D eigenvalue weighted by molar-refractivity contribution is 7.12. The minimum absolute atomic E-state index is 0.215. The molecule has 0 fully saturated rings. The Kier molecular flexibility index (Phi) is 2.59. The number of thiophene rings is 1. The molecule has 82 valence electrons. The topological polar surface area (TPSA) is 37.3 Å². The van der Waals surface area contributed by atoms with Gasteiger partial charge in [0.1, 0.15) is 0 Å². The molecule has 15 heavy (non-hydrogen) atoms. The van der Waals surface area contributed by atoms with Gasteiger partial charge >= 0.3 is 5.97 Å². The van der Waals surface area contributed by atoms with E-state index in [0.29, 0.717) is 0 Å². The molecule has 1 aromatic rings. The lowest BCUT2D eigenvalue weighted by Crippen LogP contribution is -2.20. The van der Waals surface area contributed by atoms with Crippen LogP contribution in [0.25, 0.3) is 0 Å². The molecule has 1 heterocycles. The van der Waals surface area contributed by atoms with Crippen molar-refractivity contribution in [2.24, 2.45) is 0 Å². The lowest BCUT2D eigenvalue weighted by Gasteiger charge is -2.20. The molecular formula is C12H16O2S. The summed E-state index contributed by atoms with van der Waals surface area (Å²) >= 11 is 1.81. The van der Waals surface area contributed by atoms with Gasteiger partial charge in [-0.05, 0) is 30.9 Å². The summed E-state index contributed by atoms with van der Waals surface area (Å²) in [4.78, 5) is 13.5. The summed E-state index contributed by atoms with van der Waals surface area (Å²) < 4.78 is 0. The first kappa shape index (κ1) is 10.7. The highest BCUT2D eigenvalue weighted by atomic mass is 32.1. The number of fused-ring (bicyclic) bond motifs is 1. The van der Waals surface area contributed by atoms with Crippen molar-refractivity contribution in [1.82, 2.24) is 0 Å². The SMILES string of the molecule is CC(C)(CC(=O)O)c1cc2c(s1)CCC2. The number of rotatable bonds is 3. The van der Waals surface area contributed by atoms with E-state index < -0.39 is 5.97 Å². The lowest BCUT2D eigenvalue weighted by molar-refractivity contribution is -0.138. The summed E-state index contributed by atoms with van der Waals surface area (Å²) in [6.07, 6.45) is 3.84.